The monoisotopic (exact) mass is 364 g/mol. The number of Topliss-reactive ketones (excluding diaryl/α,β-unsaturated/α-hetero) is 1. The largest absolute Gasteiger partial charge is 0.389 e. The van der Waals surface area contributed by atoms with Crippen molar-refractivity contribution < 1.29 is 30.0 Å². The minimum absolute atomic E-state index is 0.00600. The molecule has 1 aliphatic heterocycles. The summed E-state index contributed by atoms with van der Waals surface area (Å²) in [6.07, 6.45) is 1.36. The van der Waals surface area contributed by atoms with Gasteiger partial charge in [0.05, 0.1) is 24.2 Å². The van der Waals surface area contributed by atoms with Gasteiger partial charge >= 0.3 is 0 Å². The zero-order valence-corrected chi connectivity index (χ0v) is 15.6. The molecule has 0 unspecified atom stereocenters. The molecule has 1 saturated heterocycles. The summed E-state index contributed by atoms with van der Waals surface area (Å²) in [5.74, 6) is -3.26. The van der Waals surface area contributed by atoms with Crippen molar-refractivity contribution in [3.05, 3.63) is 23.8 Å². The molecular formula is C20H28O6. The van der Waals surface area contributed by atoms with Gasteiger partial charge < -0.3 is 25.2 Å². The van der Waals surface area contributed by atoms with E-state index in [1.807, 2.05) is 13.8 Å². The Bertz CT molecular complexity index is 741. The Morgan fingerprint density at radius 1 is 1.19 bits per heavy atom. The minimum Gasteiger partial charge on any atom is -0.389 e. The first-order chi connectivity index (χ1) is 11.9. The van der Waals surface area contributed by atoms with Crippen LogP contribution in [0.2, 0.25) is 0 Å². The molecule has 6 heteroatoms. The van der Waals surface area contributed by atoms with E-state index in [0.29, 0.717) is 18.4 Å². The molecule has 0 aromatic carbocycles. The number of ketones is 1. The molecule has 3 aliphatic carbocycles. The summed E-state index contributed by atoms with van der Waals surface area (Å²) < 4.78 is 5.61. The molecule has 2 fully saturated rings. The molecule has 6 atom stereocenters. The summed E-state index contributed by atoms with van der Waals surface area (Å²) in [6, 6.07) is 0. The lowest BCUT2D eigenvalue weighted by Crippen LogP contribution is -2.75. The molecule has 4 aliphatic rings. The molecule has 2 bridgehead atoms. The molecule has 0 aromatic heterocycles. The van der Waals surface area contributed by atoms with Crippen molar-refractivity contribution in [3.8, 4) is 0 Å². The fourth-order valence-electron chi connectivity index (χ4n) is 6.26. The van der Waals surface area contributed by atoms with Crippen LogP contribution in [0.5, 0.6) is 0 Å². The lowest BCUT2D eigenvalue weighted by Gasteiger charge is -2.62. The van der Waals surface area contributed by atoms with Crippen LogP contribution in [0.15, 0.2) is 23.8 Å². The average molecular weight is 364 g/mol. The van der Waals surface area contributed by atoms with Crippen molar-refractivity contribution >= 4 is 5.78 Å². The van der Waals surface area contributed by atoms with E-state index in [1.165, 1.54) is 6.08 Å². The molecule has 26 heavy (non-hydrogen) atoms. The molecule has 6 nitrogen and oxygen atoms in total. The van der Waals surface area contributed by atoms with E-state index in [4.69, 9.17) is 4.74 Å². The van der Waals surface area contributed by atoms with Crippen LogP contribution in [-0.2, 0) is 9.53 Å². The van der Waals surface area contributed by atoms with Crippen LogP contribution in [-0.4, -0.2) is 56.4 Å². The smallest absolute Gasteiger partial charge is 0.262 e. The maximum Gasteiger partial charge on any atom is 0.262 e. The van der Waals surface area contributed by atoms with Gasteiger partial charge in [0, 0.05) is 16.4 Å². The van der Waals surface area contributed by atoms with Crippen LogP contribution in [0, 0.1) is 16.2 Å². The fraction of sp³-hybridized carbons (Fsp3) is 0.750. The van der Waals surface area contributed by atoms with Gasteiger partial charge in [-0.05, 0) is 24.8 Å². The Balaban J connectivity index is 2.06. The standard InChI is InChI=1S/C20H28O6/c1-5-17(4)9-11(21)13-12(14(17)22)15(23)19(24)20(25)16(2,3)7-6-8-18(13,20)10-26-19/h5,11,14,21-22,24-25H,1,6-10H2,2-4H3/t11-,14+,17-,18-,19-,20+/m0/s1. The molecule has 4 rings (SSSR count). The number of hydrogen-bond donors (Lipinski definition) is 4. The van der Waals surface area contributed by atoms with Crippen LogP contribution in [0.3, 0.4) is 0 Å². The maximum atomic E-state index is 13.3. The predicted molar refractivity (Wildman–Crippen MR) is 92.9 cm³/mol. The molecule has 4 N–H and O–H groups in total. The second kappa shape index (κ2) is 4.86. The van der Waals surface area contributed by atoms with Crippen LogP contribution < -0.4 is 0 Å². The van der Waals surface area contributed by atoms with E-state index in [2.05, 4.69) is 6.58 Å². The topological polar surface area (TPSA) is 107 Å². The van der Waals surface area contributed by atoms with E-state index in [1.54, 1.807) is 6.92 Å². The van der Waals surface area contributed by atoms with Crippen molar-refractivity contribution in [2.45, 2.75) is 70.1 Å². The zero-order valence-electron chi connectivity index (χ0n) is 15.6. The number of hydrogen-bond acceptors (Lipinski definition) is 6. The summed E-state index contributed by atoms with van der Waals surface area (Å²) >= 11 is 0. The Labute approximate surface area is 153 Å². The number of carbonyl (C=O) groups excluding carboxylic acids is 1. The first-order valence-corrected chi connectivity index (χ1v) is 9.30. The molecule has 1 heterocycles. The highest BCUT2D eigenvalue weighted by Crippen LogP contribution is 2.70. The van der Waals surface area contributed by atoms with Crippen molar-refractivity contribution in [3.63, 3.8) is 0 Å². The summed E-state index contributed by atoms with van der Waals surface area (Å²) in [5.41, 5.74) is -4.30. The van der Waals surface area contributed by atoms with Gasteiger partial charge in [-0.25, -0.2) is 0 Å². The average Bonchev–Trinajstić information content (AvgIpc) is 2.75. The van der Waals surface area contributed by atoms with Crippen molar-refractivity contribution in [2.75, 3.05) is 6.61 Å². The van der Waals surface area contributed by atoms with Gasteiger partial charge in [-0.3, -0.25) is 4.79 Å². The van der Waals surface area contributed by atoms with E-state index in [-0.39, 0.29) is 18.6 Å². The third kappa shape index (κ3) is 1.61. The lowest BCUT2D eigenvalue weighted by molar-refractivity contribution is -0.292. The van der Waals surface area contributed by atoms with E-state index in [0.717, 1.165) is 6.42 Å². The van der Waals surface area contributed by atoms with E-state index in [9.17, 15) is 25.2 Å². The number of aliphatic hydroxyl groups excluding tert-OH is 2. The second-order valence-corrected chi connectivity index (χ2v) is 9.45. The molecular weight excluding hydrogens is 336 g/mol. The van der Waals surface area contributed by atoms with Gasteiger partial charge in [0.25, 0.3) is 5.79 Å². The lowest BCUT2D eigenvalue weighted by atomic mass is 9.43. The Hall–Kier alpha value is -1.05. The summed E-state index contributed by atoms with van der Waals surface area (Å²) in [5, 5.41) is 45.1. The number of aliphatic hydroxyl groups is 4. The van der Waals surface area contributed by atoms with Gasteiger partial charge in [-0.15, -0.1) is 6.58 Å². The van der Waals surface area contributed by atoms with Crippen LogP contribution in [0.1, 0.15) is 46.5 Å². The fourth-order valence-corrected chi connectivity index (χ4v) is 6.26. The van der Waals surface area contributed by atoms with Gasteiger partial charge in [0.1, 0.15) is 5.60 Å². The minimum atomic E-state index is -2.42. The van der Waals surface area contributed by atoms with Gasteiger partial charge in [-0.1, -0.05) is 33.3 Å². The van der Waals surface area contributed by atoms with Gasteiger partial charge in [-0.2, -0.15) is 0 Å². The quantitative estimate of drug-likeness (QED) is 0.514. The molecule has 1 saturated carbocycles. The van der Waals surface area contributed by atoms with E-state index >= 15 is 0 Å². The molecule has 144 valence electrons. The van der Waals surface area contributed by atoms with E-state index < -0.39 is 45.6 Å². The highest BCUT2D eigenvalue weighted by Gasteiger charge is 2.82. The van der Waals surface area contributed by atoms with Gasteiger partial charge in [0.2, 0.25) is 5.78 Å². The van der Waals surface area contributed by atoms with Crippen LogP contribution in [0.25, 0.3) is 0 Å². The Morgan fingerprint density at radius 2 is 1.85 bits per heavy atom. The van der Waals surface area contributed by atoms with Crippen LogP contribution in [0.4, 0.5) is 0 Å². The highest BCUT2D eigenvalue weighted by molar-refractivity contribution is 6.06. The second-order valence-electron chi connectivity index (χ2n) is 9.45. The maximum absolute atomic E-state index is 13.3. The molecule has 0 spiro atoms. The SMILES string of the molecule is C=C[C@@]1(C)C[C@H](O)C2=C(C(=O)[C@]3(O)OC[C@@]24CCCC(C)(C)[C@@]43O)[C@H]1O. The third-order valence-corrected chi connectivity index (χ3v) is 7.78. The first kappa shape index (κ1) is 18.3. The number of rotatable bonds is 1. The molecule has 0 aromatic rings. The highest BCUT2D eigenvalue weighted by atomic mass is 16.7. The van der Waals surface area contributed by atoms with Crippen molar-refractivity contribution in [1.82, 2.24) is 0 Å². The van der Waals surface area contributed by atoms with Gasteiger partial charge in [0.15, 0.2) is 0 Å². The van der Waals surface area contributed by atoms with Crippen LogP contribution >= 0.6 is 0 Å². The third-order valence-electron chi connectivity index (χ3n) is 7.78. The van der Waals surface area contributed by atoms with Crippen molar-refractivity contribution in [2.24, 2.45) is 16.2 Å². The predicted octanol–water partition coefficient (Wildman–Crippen LogP) is 0.830. The number of ether oxygens (including phenoxy) is 1. The summed E-state index contributed by atoms with van der Waals surface area (Å²) in [7, 11) is 0. The molecule has 0 amide bonds. The van der Waals surface area contributed by atoms with Crippen molar-refractivity contribution in [1.29, 1.82) is 0 Å². The first-order valence-electron chi connectivity index (χ1n) is 9.30. The Kier molecular flexibility index (Phi) is 3.42. The summed E-state index contributed by atoms with van der Waals surface area (Å²) in [6.45, 7) is 9.05. The molecule has 0 radical (unpaired) electrons. The summed E-state index contributed by atoms with van der Waals surface area (Å²) in [4.78, 5) is 13.3. The Morgan fingerprint density at radius 3 is 2.46 bits per heavy atom. The number of carbonyl (C=O) groups is 1. The zero-order chi connectivity index (χ0) is 19.3. The normalized spacial score (nSPS) is 52.5.